The van der Waals surface area contributed by atoms with E-state index in [1.165, 1.54) is 225 Å². The van der Waals surface area contributed by atoms with Gasteiger partial charge < -0.3 is 33.8 Å². The van der Waals surface area contributed by atoms with Gasteiger partial charge in [0.25, 0.3) is 0 Å². The van der Waals surface area contributed by atoms with Gasteiger partial charge in [-0.2, -0.15) is 0 Å². The number of rotatable bonds is 77. The van der Waals surface area contributed by atoms with E-state index in [1.807, 2.05) is 0 Å². The van der Waals surface area contributed by atoms with Crippen molar-refractivity contribution < 1.29 is 80.2 Å². The van der Waals surface area contributed by atoms with Crippen LogP contribution in [0.5, 0.6) is 0 Å². The van der Waals surface area contributed by atoms with E-state index in [4.69, 9.17) is 37.0 Å². The Morgan fingerprint density at radius 2 is 0.479 bits per heavy atom. The van der Waals surface area contributed by atoms with E-state index in [-0.39, 0.29) is 25.7 Å². The number of unbranched alkanes of at least 4 members (excludes halogenated alkanes) is 49. The third-order valence-corrected chi connectivity index (χ3v) is 19.9. The first-order valence-electron chi connectivity index (χ1n) is 40.1. The van der Waals surface area contributed by atoms with Crippen molar-refractivity contribution in [1.29, 1.82) is 0 Å². The molecule has 570 valence electrons. The monoisotopic (exact) mass is 1410 g/mol. The second-order valence-electron chi connectivity index (χ2n) is 28.2. The van der Waals surface area contributed by atoms with Crippen molar-refractivity contribution in [2.75, 3.05) is 39.6 Å². The molecule has 0 aromatic heterocycles. The van der Waals surface area contributed by atoms with Gasteiger partial charge in [-0.05, 0) is 31.6 Å². The van der Waals surface area contributed by atoms with Crippen LogP contribution < -0.4 is 0 Å². The summed E-state index contributed by atoms with van der Waals surface area (Å²) in [7, 11) is -9.90. The lowest BCUT2D eigenvalue weighted by molar-refractivity contribution is -0.161. The molecule has 0 amide bonds. The Morgan fingerprint density at radius 3 is 0.708 bits per heavy atom. The molecule has 5 atom stereocenters. The van der Waals surface area contributed by atoms with Crippen LogP contribution in [0.3, 0.4) is 0 Å². The molecule has 0 aliphatic heterocycles. The maximum Gasteiger partial charge on any atom is 0.472 e. The Labute approximate surface area is 588 Å². The summed E-state index contributed by atoms with van der Waals surface area (Å²) in [6, 6.07) is 0. The highest BCUT2D eigenvalue weighted by Crippen LogP contribution is 2.45. The third-order valence-electron chi connectivity index (χ3n) is 18.0. The van der Waals surface area contributed by atoms with E-state index in [9.17, 15) is 43.2 Å². The molecular formula is C77H150O17P2. The largest absolute Gasteiger partial charge is 0.472 e. The van der Waals surface area contributed by atoms with Crippen molar-refractivity contribution in [3.05, 3.63) is 0 Å². The van der Waals surface area contributed by atoms with E-state index in [0.29, 0.717) is 25.7 Å². The first kappa shape index (κ1) is 94.1. The molecule has 0 saturated carbocycles. The highest BCUT2D eigenvalue weighted by Gasteiger charge is 2.30. The Balaban J connectivity index is 5.12. The minimum atomic E-state index is -4.96. The fourth-order valence-electron chi connectivity index (χ4n) is 11.9. The van der Waals surface area contributed by atoms with Crippen molar-refractivity contribution >= 4 is 39.5 Å². The zero-order chi connectivity index (χ0) is 70.5. The van der Waals surface area contributed by atoms with Crippen molar-refractivity contribution in [1.82, 2.24) is 0 Å². The Bertz CT molecular complexity index is 1840. The highest BCUT2D eigenvalue weighted by molar-refractivity contribution is 7.47. The number of hydrogen-bond acceptors (Lipinski definition) is 15. The van der Waals surface area contributed by atoms with Crippen LogP contribution >= 0.6 is 15.6 Å². The standard InChI is InChI=1S/C77H150O17P2/c1-6-9-12-15-17-19-21-23-24-25-29-32-35-39-42-46-51-56-61-75(80)88-67-73(94-77(82)63-58-53-48-44-40-36-33-30-27-26-28-31-34-37-41-45-50-54-59-70(4)5)69-92-96(85,86)90-65-71(78)64-89-95(83,84)91-68-72(66-87-74(79)60-55-49-14-11-8-3)93-76(81)62-57-52-47-43-38-22-20-18-16-13-10-7-2/h70-73,78H,6-69H2,1-5H3,(H,83,84)(H,85,86)/t71-,72+,73+/m0/s1. The van der Waals surface area contributed by atoms with Crippen LogP contribution in [0, 0.1) is 5.92 Å². The van der Waals surface area contributed by atoms with Crippen LogP contribution in [-0.2, 0) is 65.4 Å². The number of hydrogen-bond donors (Lipinski definition) is 3. The van der Waals surface area contributed by atoms with E-state index in [0.717, 1.165) is 102 Å². The smallest absolute Gasteiger partial charge is 0.462 e. The number of aliphatic hydroxyl groups excluding tert-OH is 1. The maximum absolute atomic E-state index is 13.1. The van der Waals surface area contributed by atoms with E-state index in [2.05, 4.69) is 34.6 Å². The first-order chi connectivity index (χ1) is 46.5. The van der Waals surface area contributed by atoms with Gasteiger partial charge in [0, 0.05) is 25.7 Å². The van der Waals surface area contributed by atoms with Crippen LogP contribution in [0.15, 0.2) is 0 Å². The predicted molar refractivity (Wildman–Crippen MR) is 391 cm³/mol. The quantitative estimate of drug-likeness (QED) is 0.0222. The number of ether oxygens (including phenoxy) is 4. The normalized spacial score (nSPS) is 13.9. The lowest BCUT2D eigenvalue weighted by Gasteiger charge is -2.21. The molecule has 0 rings (SSSR count). The summed E-state index contributed by atoms with van der Waals surface area (Å²) in [6.45, 7) is 7.25. The summed E-state index contributed by atoms with van der Waals surface area (Å²) in [6.07, 6.45) is 60.1. The first-order valence-corrected chi connectivity index (χ1v) is 43.1. The summed E-state index contributed by atoms with van der Waals surface area (Å²) in [5.74, 6) is -1.30. The van der Waals surface area contributed by atoms with Crippen LogP contribution in [0.25, 0.3) is 0 Å². The number of aliphatic hydroxyl groups is 1. The molecule has 0 aliphatic carbocycles. The van der Waals surface area contributed by atoms with Crippen LogP contribution in [0.4, 0.5) is 0 Å². The van der Waals surface area contributed by atoms with E-state index in [1.54, 1.807) is 0 Å². The van der Waals surface area contributed by atoms with Gasteiger partial charge in [0.2, 0.25) is 0 Å². The summed E-state index contributed by atoms with van der Waals surface area (Å²) < 4.78 is 68.3. The van der Waals surface area contributed by atoms with Gasteiger partial charge in [0.05, 0.1) is 26.4 Å². The third kappa shape index (κ3) is 70.5. The average molecular weight is 1410 g/mol. The van der Waals surface area contributed by atoms with E-state index >= 15 is 0 Å². The molecule has 2 unspecified atom stereocenters. The molecule has 0 aromatic rings. The van der Waals surface area contributed by atoms with Crippen molar-refractivity contribution in [3.8, 4) is 0 Å². The lowest BCUT2D eigenvalue weighted by Crippen LogP contribution is -2.30. The van der Waals surface area contributed by atoms with Crippen molar-refractivity contribution in [2.24, 2.45) is 5.92 Å². The molecule has 0 radical (unpaired) electrons. The van der Waals surface area contributed by atoms with Crippen LogP contribution in [0.1, 0.15) is 407 Å². The van der Waals surface area contributed by atoms with Gasteiger partial charge in [0.1, 0.15) is 19.3 Å². The van der Waals surface area contributed by atoms with Gasteiger partial charge >= 0.3 is 39.5 Å². The summed E-state index contributed by atoms with van der Waals surface area (Å²) in [5.41, 5.74) is 0. The molecule has 17 nitrogen and oxygen atoms in total. The number of phosphoric acid groups is 2. The predicted octanol–water partition coefficient (Wildman–Crippen LogP) is 22.9. The average Bonchev–Trinajstić information content (AvgIpc) is 1.97. The number of esters is 4. The maximum atomic E-state index is 13.1. The molecule has 0 saturated heterocycles. The molecule has 0 aliphatic rings. The van der Waals surface area contributed by atoms with Gasteiger partial charge in [-0.1, -0.05) is 356 Å². The Morgan fingerprint density at radius 1 is 0.281 bits per heavy atom. The van der Waals surface area contributed by atoms with Crippen LogP contribution in [0.2, 0.25) is 0 Å². The second kappa shape index (κ2) is 70.1. The lowest BCUT2D eigenvalue weighted by atomic mass is 10.0. The fraction of sp³-hybridized carbons (Fsp3) is 0.948. The number of carbonyl (C=O) groups excluding carboxylic acids is 4. The molecule has 0 heterocycles. The van der Waals surface area contributed by atoms with Crippen molar-refractivity contribution in [3.63, 3.8) is 0 Å². The highest BCUT2D eigenvalue weighted by atomic mass is 31.2. The minimum absolute atomic E-state index is 0.107. The summed E-state index contributed by atoms with van der Waals surface area (Å²) >= 11 is 0. The zero-order valence-electron chi connectivity index (χ0n) is 62.5. The molecule has 0 spiro atoms. The van der Waals surface area contributed by atoms with Gasteiger partial charge in [-0.25, -0.2) is 9.13 Å². The second-order valence-corrected chi connectivity index (χ2v) is 31.1. The van der Waals surface area contributed by atoms with Crippen LogP contribution in [-0.4, -0.2) is 96.7 Å². The topological polar surface area (TPSA) is 237 Å². The Hall–Kier alpha value is -1.94. The van der Waals surface area contributed by atoms with E-state index < -0.39 is 97.5 Å². The molecule has 3 N–H and O–H groups in total. The SMILES string of the molecule is CCCCCCCCCCCCCCCCCCCCC(=O)OC[C@H](COP(=O)(O)OC[C@@H](O)COP(=O)(O)OC[C@@H](COC(=O)CCCCCCC)OC(=O)CCCCCCCCCCCCCC)OC(=O)CCCCCCCCCCCCCCCCCCCCC(C)C. The Kier molecular flexibility index (Phi) is 68.7. The van der Waals surface area contributed by atoms with Gasteiger partial charge in [-0.15, -0.1) is 0 Å². The number of phosphoric ester groups is 2. The summed E-state index contributed by atoms with van der Waals surface area (Å²) in [5, 5.41) is 10.6. The fourth-order valence-corrected chi connectivity index (χ4v) is 13.5. The van der Waals surface area contributed by atoms with Gasteiger partial charge in [-0.3, -0.25) is 37.3 Å². The minimum Gasteiger partial charge on any atom is -0.462 e. The number of carbonyl (C=O) groups is 4. The molecular weight excluding hydrogens is 1260 g/mol. The zero-order valence-corrected chi connectivity index (χ0v) is 64.3. The molecule has 0 bridgehead atoms. The summed E-state index contributed by atoms with van der Waals surface area (Å²) in [4.78, 5) is 72.5. The van der Waals surface area contributed by atoms with Crippen molar-refractivity contribution in [2.45, 2.75) is 425 Å². The van der Waals surface area contributed by atoms with Gasteiger partial charge in [0.15, 0.2) is 12.2 Å². The molecule has 0 fully saturated rings. The molecule has 0 aromatic carbocycles. The molecule has 19 heteroatoms. The molecule has 96 heavy (non-hydrogen) atoms.